The van der Waals surface area contributed by atoms with Crippen LogP contribution in [0.5, 0.6) is 0 Å². The van der Waals surface area contributed by atoms with Gasteiger partial charge in [-0.2, -0.15) is 10.2 Å². The van der Waals surface area contributed by atoms with Gasteiger partial charge in [-0.1, -0.05) is 0 Å². The maximum atomic E-state index is 5.90. The summed E-state index contributed by atoms with van der Waals surface area (Å²) >= 11 is 0. The van der Waals surface area contributed by atoms with Gasteiger partial charge in [0, 0.05) is 25.8 Å². The number of hydrogen-bond acceptors (Lipinski definition) is 7. The van der Waals surface area contributed by atoms with Gasteiger partial charge < -0.3 is 10.1 Å². The van der Waals surface area contributed by atoms with Crippen molar-refractivity contribution >= 4 is 0 Å². The molecule has 1 N–H and O–H groups in total. The third kappa shape index (κ3) is 4.41. The van der Waals surface area contributed by atoms with E-state index in [-0.39, 0.29) is 11.8 Å². The quantitative estimate of drug-likeness (QED) is 0.621. The zero-order valence-electron chi connectivity index (χ0n) is 15.3. The number of tetrazole rings is 1. The summed E-state index contributed by atoms with van der Waals surface area (Å²) in [7, 11) is 0. The lowest BCUT2D eigenvalue weighted by Gasteiger charge is -2.30. The van der Waals surface area contributed by atoms with E-state index in [1.54, 1.807) is 0 Å². The van der Waals surface area contributed by atoms with E-state index in [9.17, 15) is 0 Å². The Morgan fingerprint density at radius 3 is 2.76 bits per heavy atom. The van der Waals surface area contributed by atoms with Crippen LogP contribution in [-0.2, 0) is 10.3 Å². The summed E-state index contributed by atoms with van der Waals surface area (Å²) in [4.78, 5) is 0. The van der Waals surface area contributed by atoms with Gasteiger partial charge in [-0.3, -0.25) is 0 Å². The average Bonchev–Trinajstić information content (AvgIpc) is 3.51. The van der Waals surface area contributed by atoms with Crippen molar-refractivity contribution in [3.8, 4) is 12.3 Å². The SMILES string of the molecule is C#CCCC1(CCNC(C)(COC(C)C)c2nnnn2C2CC2)N=N1. The van der Waals surface area contributed by atoms with Crippen LogP contribution in [0, 0.1) is 12.3 Å². The Morgan fingerprint density at radius 1 is 1.40 bits per heavy atom. The zero-order valence-corrected chi connectivity index (χ0v) is 15.3. The van der Waals surface area contributed by atoms with Gasteiger partial charge in [-0.05, 0) is 44.0 Å². The van der Waals surface area contributed by atoms with Crippen LogP contribution in [0.3, 0.4) is 0 Å². The van der Waals surface area contributed by atoms with Crippen molar-refractivity contribution in [2.75, 3.05) is 13.2 Å². The summed E-state index contributed by atoms with van der Waals surface area (Å²) in [6.07, 6.45) is 10.1. The predicted octanol–water partition coefficient (Wildman–Crippen LogP) is 2.20. The van der Waals surface area contributed by atoms with Crippen LogP contribution in [0.15, 0.2) is 10.2 Å². The molecule has 0 saturated heterocycles. The average molecular weight is 345 g/mol. The maximum absolute atomic E-state index is 5.90. The molecule has 1 aliphatic heterocycles. The molecule has 2 aliphatic rings. The van der Waals surface area contributed by atoms with E-state index in [0.717, 1.165) is 38.1 Å². The standard InChI is InChI=1S/C17H27N7O/c1-5-6-9-17(20-21-17)10-11-18-16(4,12-25-13(2)3)15-19-22-23-24(15)14-7-8-14/h1,13-14,18H,6-12H2,2-4H3. The monoisotopic (exact) mass is 345 g/mol. The molecule has 1 fully saturated rings. The maximum Gasteiger partial charge on any atom is 0.193 e. The van der Waals surface area contributed by atoms with Crippen LogP contribution in [0.2, 0.25) is 0 Å². The molecule has 1 atom stereocenters. The molecule has 2 heterocycles. The van der Waals surface area contributed by atoms with E-state index in [2.05, 4.69) is 43.9 Å². The van der Waals surface area contributed by atoms with Crippen molar-refractivity contribution in [2.45, 2.75) is 76.2 Å². The van der Waals surface area contributed by atoms with Gasteiger partial charge in [0.15, 0.2) is 11.5 Å². The molecule has 1 unspecified atom stereocenters. The number of hydrogen-bond donors (Lipinski definition) is 1. The topological polar surface area (TPSA) is 89.6 Å². The molecule has 8 nitrogen and oxygen atoms in total. The normalized spacial score (nSPS) is 20.4. The van der Waals surface area contributed by atoms with Gasteiger partial charge in [-0.15, -0.1) is 17.4 Å². The zero-order chi connectivity index (χ0) is 17.9. The Bertz CT molecular complexity index is 652. The predicted molar refractivity (Wildman–Crippen MR) is 92.8 cm³/mol. The van der Waals surface area contributed by atoms with E-state index < -0.39 is 5.54 Å². The summed E-state index contributed by atoms with van der Waals surface area (Å²) in [5, 5.41) is 24.4. The Hall–Kier alpha value is -1.85. The van der Waals surface area contributed by atoms with E-state index in [1.807, 2.05) is 18.5 Å². The molecule has 8 heteroatoms. The Kier molecular flexibility index (Phi) is 5.16. The van der Waals surface area contributed by atoms with E-state index >= 15 is 0 Å². The van der Waals surface area contributed by atoms with Crippen LogP contribution in [0.4, 0.5) is 0 Å². The molecule has 0 bridgehead atoms. The van der Waals surface area contributed by atoms with Crippen molar-refractivity contribution < 1.29 is 4.74 Å². The second kappa shape index (κ2) is 7.18. The second-order valence-corrected chi connectivity index (χ2v) is 7.43. The number of nitrogens with zero attached hydrogens (tertiary/aromatic N) is 6. The lowest BCUT2D eigenvalue weighted by atomic mass is 10.00. The lowest BCUT2D eigenvalue weighted by molar-refractivity contribution is 0.0270. The molecule has 0 radical (unpaired) electrons. The van der Waals surface area contributed by atoms with Crippen LogP contribution in [0.1, 0.15) is 64.7 Å². The molecule has 0 spiro atoms. The molecular formula is C17H27N7O. The van der Waals surface area contributed by atoms with Crippen molar-refractivity contribution in [2.24, 2.45) is 10.2 Å². The van der Waals surface area contributed by atoms with E-state index in [0.29, 0.717) is 19.1 Å². The number of ether oxygens (including phenoxy) is 1. The highest BCUT2D eigenvalue weighted by atomic mass is 16.5. The fourth-order valence-corrected chi connectivity index (χ4v) is 2.86. The van der Waals surface area contributed by atoms with Crippen molar-refractivity contribution in [1.29, 1.82) is 0 Å². The van der Waals surface area contributed by atoms with Gasteiger partial charge in [0.1, 0.15) is 5.54 Å². The molecular weight excluding hydrogens is 318 g/mol. The molecule has 0 amide bonds. The van der Waals surface area contributed by atoms with Gasteiger partial charge in [0.05, 0.1) is 18.8 Å². The minimum atomic E-state index is -0.460. The molecule has 1 aliphatic carbocycles. The first kappa shape index (κ1) is 18.0. The summed E-state index contributed by atoms with van der Waals surface area (Å²) in [6, 6.07) is 0.417. The van der Waals surface area contributed by atoms with Crippen molar-refractivity contribution in [1.82, 2.24) is 25.5 Å². The molecule has 25 heavy (non-hydrogen) atoms. The highest BCUT2D eigenvalue weighted by molar-refractivity contribution is 5.07. The van der Waals surface area contributed by atoms with Gasteiger partial charge in [0.25, 0.3) is 0 Å². The number of nitrogens with one attached hydrogen (secondary N) is 1. The number of aromatic nitrogens is 4. The molecule has 136 valence electrons. The van der Waals surface area contributed by atoms with E-state index in [1.165, 1.54) is 0 Å². The molecule has 1 aromatic heterocycles. The second-order valence-electron chi connectivity index (χ2n) is 7.43. The van der Waals surface area contributed by atoms with Gasteiger partial charge in [0.2, 0.25) is 0 Å². The Morgan fingerprint density at radius 2 is 2.16 bits per heavy atom. The number of rotatable bonds is 11. The van der Waals surface area contributed by atoms with Gasteiger partial charge >= 0.3 is 0 Å². The molecule has 3 rings (SSSR count). The number of terminal acetylenes is 1. The summed E-state index contributed by atoms with van der Waals surface area (Å²) in [5.74, 6) is 3.49. The Labute approximate surface area is 148 Å². The first-order chi connectivity index (χ1) is 12.0. The smallest absolute Gasteiger partial charge is 0.193 e. The van der Waals surface area contributed by atoms with Crippen molar-refractivity contribution in [3.05, 3.63) is 5.82 Å². The molecule has 1 aromatic rings. The lowest BCUT2D eigenvalue weighted by Crippen LogP contribution is -2.47. The largest absolute Gasteiger partial charge is 0.376 e. The molecule has 0 aromatic carbocycles. The van der Waals surface area contributed by atoms with Crippen LogP contribution < -0.4 is 5.32 Å². The van der Waals surface area contributed by atoms with Crippen LogP contribution >= 0.6 is 0 Å². The third-order valence-electron chi connectivity index (χ3n) is 4.68. The minimum absolute atomic E-state index is 0.141. The minimum Gasteiger partial charge on any atom is -0.376 e. The first-order valence-corrected chi connectivity index (χ1v) is 9.00. The molecule has 1 saturated carbocycles. The van der Waals surface area contributed by atoms with Gasteiger partial charge in [-0.25, -0.2) is 4.68 Å². The van der Waals surface area contributed by atoms with E-state index in [4.69, 9.17) is 11.2 Å². The first-order valence-electron chi connectivity index (χ1n) is 9.00. The Balaban J connectivity index is 1.64. The van der Waals surface area contributed by atoms with Crippen molar-refractivity contribution in [3.63, 3.8) is 0 Å². The fraction of sp³-hybridized carbons (Fsp3) is 0.824. The highest BCUT2D eigenvalue weighted by Crippen LogP contribution is 2.38. The fourth-order valence-electron chi connectivity index (χ4n) is 2.86. The highest BCUT2D eigenvalue weighted by Gasteiger charge is 2.41. The third-order valence-corrected chi connectivity index (χ3v) is 4.68. The summed E-state index contributed by atoms with van der Waals surface area (Å²) in [5.41, 5.74) is -0.750. The summed E-state index contributed by atoms with van der Waals surface area (Å²) < 4.78 is 7.85. The van der Waals surface area contributed by atoms with Crippen LogP contribution in [0.25, 0.3) is 0 Å². The summed E-state index contributed by atoms with van der Waals surface area (Å²) in [6.45, 7) is 7.40. The van der Waals surface area contributed by atoms with Crippen LogP contribution in [-0.4, -0.2) is 45.1 Å².